The van der Waals surface area contributed by atoms with Gasteiger partial charge in [-0.05, 0) is 40.6 Å². The van der Waals surface area contributed by atoms with Crippen molar-refractivity contribution in [2.75, 3.05) is 6.54 Å². The molecule has 0 aliphatic carbocycles. The molecule has 1 amide bonds. The van der Waals surface area contributed by atoms with Crippen LogP contribution in [0.3, 0.4) is 0 Å². The summed E-state index contributed by atoms with van der Waals surface area (Å²) in [5, 5.41) is 4.68. The first-order chi connectivity index (χ1) is 15.2. The number of hydrazone groups is 1. The Morgan fingerprint density at radius 3 is 2.88 bits per heavy atom. The zero-order valence-electron chi connectivity index (χ0n) is 17.0. The SMILES string of the molecule is C/C(Cl)=C(\C=N/N(C=O)PI)N1CCc2c(ncn2Cc2cccnc2CC(F)(F)F)C1. The van der Waals surface area contributed by atoms with Crippen LogP contribution in [0.4, 0.5) is 13.2 Å². The second-order valence-corrected chi connectivity index (χ2v) is 9.68. The first-order valence-corrected chi connectivity index (χ1v) is 13.9. The zero-order chi connectivity index (χ0) is 23.3. The summed E-state index contributed by atoms with van der Waals surface area (Å²) in [5.74, 6) is 0. The number of hydrogen-bond donors (Lipinski definition) is 0. The number of rotatable bonds is 8. The highest BCUT2D eigenvalue weighted by Crippen LogP contribution is 2.28. The van der Waals surface area contributed by atoms with Crippen LogP contribution < -0.4 is 0 Å². The summed E-state index contributed by atoms with van der Waals surface area (Å²) in [6.45, 7) is 3.12. The van der Waals surface area contributed by atoms with Crippen LogP contribution in [0.2, 0.25) is 0 Å². The lowest BCUT2D eigenvalue weighted by Crippen LogP contribution is -2.32. The van der Waals surface area contributed by atoms with Crippen molar-refractivity contribution in [3.63, 3.8) is 0 Å². The van der Waals surface area contributed by atoms with E-state index in [0.29, 0.717) is 42.2 Å². The molecule has 3 heterocycles. The van der Waals surface area contributed by atoms with Gasteiger partial charge in [0.15, 0.2) is 0 Å². The van der Waals surface area contributed by atoms with Crippen LogP contribution >= 0.6 is 40.0 Å². The van der Waals surface area contributed by atoms with Crippen LogP contribution in [-0.4, -0.2) is 49.6 Å². The van der Waals surface area contributed by atoms with E-state index in [2.05, 4.69) is 37.1 Å². The number of carbonyl (C=O) groups excluding carboxylic acids is 1. The molecule has 2 aromatic heterocycles. The Morgan fingerprint density at radius 1 is 1.44 bits per heavy atom. The van der Waals surface area contributed by atoms with Gasteiger partial charge in [0.1, 0.15) is 0 Å². The number of fused-ring (bicyclic) bond motifs is 1. The number of alkyl halides is 3. The number of aromatic nitrogens is 3. The molecule has 1 unspecified atom stereocenters. The molecule has 1 atom stereocenters. The zero-order valence-corrected chi connectivity index (χ0v) is 20.9. The van der Waals surface area contributed by atoms with Gasteiger partial charge < -0.3 is 9.47 Å². The Bertz CT molecular complexity index is 1020. The lowest BCUT2D eigenvalue weighted by atomic mass is 10.1. The highest BCUT2D eigenvalue weighted by Gasteiger charge is 2.30. The Hall–Kier alpha value is -1.72. The molecule has 0 saturated carbocycles. The molecule has 0 saturated heterocycles. The third kappa shape index (κ3) is 6.41. The lowest BCUT2D eigenvalue weighted by molar-refractivity contribution is -0.128. The summed E-state index contributed by atoms with van der Waals surface area (Å²) in [5.41, 5.74) is 3.02. The van der Waals surface area contributed by atoms with Gasteiger partial charge in [-0.3, -0.25) is 9.78 Å². The van der Waals surface area contributed by atoms with Gasteiger partial charge in [-0.15, -0.1) is 0 Å². The molecule has 1 aliphatic rings. The third-order valence-electron chi connectivity index (χ3n) is 4.87. The molecule has 3 rings (SSSR count). The van der Waals surface area contributed by atoms with Crippen LogP contribution in [0, 0.1) is 0 Å². The number of allylic oxidation sites excluding steroid dienone is 2. The predicted octanol–water partition coefficient (Wildman–Crippen LogP) is 4.65. The molecule has 7 nitrogen and oxygen atoms in total. The van der Waals surface area contributed by atoms with E-state index >= 15 is 0 Å². The highest BCUT2D eigenvalue weighted by atomic mass is 127. The molecule has 2 aromatic rings. The van der Waals surface area contributed by atoms with Crippen molar-refractivity contribution in [2.24, 2.45) is 5.10 Å². The minimum atomic E-state index is -4.32. The third-order valence-corrected chi connectivity index (χ3v) is 6.94. The molecular formula is C19H20ClF3IN6OP. The van der Waals surface area contributed by atoms with Crippen molar-refractivity contribution in [3.05, 3.63) is 58.0 Å². The summed E-state index contributed by atoms with van der Waals surface area (Å²) >= 11 is 8.33. The monoisotopic (exact) mass is 598 g/mol. The van der Waals surface area contributed by atoms with Crippen LogP contribution in [0.5, 0.6) is 0 Å². The van der Waals surface area contributed by atoms with E-state index in [-0.39, 0.29) is 18.6 Å². The maximum Gasteiger partial charge on any atom is 0.394 e. The van der Waals surface area contributed by atoms with E-state index in [1.165, 1.54) is 11.0 Å². The Balaban J connectivity index is 1.78. The van der Waals surface area contributed by atoms with Crippen molar-refractivity contribution in [1.29, 1.82) is 0 Å². The first kappa shape index (κ1) is 24.9. The van der Waals surface area contributed by atoms with Gasteiger partial charge in [0.2, 0.25) is 6.41 Å². The predicted molar refractivity (Wildman–Crippen MR) is 127 cm³/mol. The van der Waals surface area contributed by atoms with Crippen LogP contribution in [0.25, 0.3) is 0 Å². The molecule has 0 spiro atoms. The standard InChI is InChI=1S/C19H20ClF3IN6OP/c1-13(20)18(8-27-30(12-31)32-24)28-6-4-17-16(10-28)26-11-29(17)9-14-3-2-5-25-15(14)7-19(21,22)23/h2-3,5,8,11-12,32H,4,6-7,9-10H2,1H3/b18-13-,27-8-. The minimum Gasteiger partial charge on any atom is -0.363 e. The van der Waals surface area contributed by atoms with E-state index in [0.717, 1.165) is 11.4 Å². The van der Waals surface area contributed by atoms with E-state index in [1.807, 2.05) is 9.47 Å². The van der Waals surface area contributed by atoms with Gasteiger partial charge in [0.05, 0.1) is 55.5 Å². The van der Waals surface area contributed by atoms with Crippen LogP contribution in [0.1, 0.15) is 29.6 Å². The fourth-order valence-corrected chi connectivity index (χ4v) is 4.46. The van der Waals surface area contributed by atoms with Gasteiger partial charge in [-0.1, -0.05) is 17.7 Å². The number of halogens is 5. The Kier molecular flexibility index (Phi) is 8.51. The summed E-state index contributed by atoms with van der Waals surface area (Å²) in [6, 6.07) is 3.30. The Labute approximate surface area is 203 Å². The van der Waals surface area contributed by atoms with E-state index < -0.39 is 12.6 Å². The number of carbonyl (C=O) groups is 1. The van der Waals surface area contributed by atoms with Gasteiger partial charge in [-0.2, -0.15) is 18.3 Å². The first-order valence-electron chi connectivity index (χ1n) is 9.50. The fraction of sp³-hybridized carbons (Fsp3) is 0.368. The summed E-state index contributed by atoms with van der Waals surface area (Å²) in [7, 11) is 0. The maximum atomic E-state index is 12.9. The van der Waals surface area contributed by atoms with Crippen molar-refractivity contribution in [2.45, 2.75) is 39.0 Å². The summed E-state index contributed by atoms with van der Waals surface area (Å²) in [6.07, 6.45) is 0.645. The smallest absolute Gasteiger partial charge is 0.363 e. The highest BCUT2D eigenvalue weighted by molar-refractivity contribution is 14.2. The molecule has 0 bridgehead atoms. The number of imidazole rings is 1. The molecular weight excluding hydrogens is 579 g/mol. The number of amides is 1. The van der Waals surface area contributed by atoms with Crippen molar-refractivity contribution >= 4 is 52.6 Å². The lowest BCUT2D eigenvalue weighted by Gasteiger charge is -2.30. The number of hydrogen-bond acceptors (Lipinski definition) is 5. The van der Waals surface area contributed by atoms with Gasteiger partial charge in [-0.25, -0.2) is 9.76 Å². The largest absolute Gasteiger partial charge is 0.394 e. The molecule has 0 N–H and O–H groups in total. The average Bonchev–Trinajstić information content (AvgIpc) is 3.13. The molecule has 32 heavy (non-hydrogen) atoms. The molecule has 0 aromatic carbocycles. The van der Waals surface area contributed by atoms with E-state index in [1.54, 1.807) is 31.6 Å². The molecule has 13 heteroatoms. The average molecular weight is 599 g/mol. The quantitative estimate of drug-likeness (QED) is 0.146. The van der Waals surface area contributed by atoms with Crippen molar-refractivity contribution < 1.29 is 18.0 Å². The van der Waals surface area contributed by atoms with E-state index in [9.17, 15) is 18.0 Å². The topological polar surface area (TPSA) is 66.6 Å². The molecule has 0 radical (unpaired) electrons. The van der Waals surface area contributed by atoms with Gasteiger partial charge in [0, 0.05) is 29.9 Å². The van der Waals surface area contributed by atoms with Crippen LogP contribution in [0.15, 0.2) is 40.5 Å². The maximum absolute atomic E-state index is 12.9. The number of nitrogens with zero attached hydrogens (tertiary/aromatic N) is 6. The second kappa shape index (κ2) is 10.9. The second-order valence-electron chi connectivity index (χ2n) is 7.04. The molecule has 0 fully saturated rings. The van der Waals surface area contributed by atoms with Crippen molar-refractivity contribution in [3.8, 4) is 0 Å². The normalized spacial score (nSPS) is 15.4. The van der Waals surface area contributed by atoms with Crippen LogP contribution in [-0.2, 0) is 30.7 Å². The van der Waals surface area contributed by atoms with Crippen molar-refractivity contribution in [1.82, 2.24) is 24.2 Å². The molecule has 1 aliphatic heterocycles. The fourth-order valence-electron chi connectivity index (χ4n) is 3.43. The summed E-state index contributed by atoms with van der Waals surface area (Å²) < 4.78 is 41.9. The van der Waals surface area contributed by atoms with E-state index in [4.69, 9.17) is 11.6 Å². The Morgan fingerprint density at radius 2 is 2.22 bits per heavy atom. The molecule has 172 valence electrons. The summed E-state index contributed by atoms with van der Waals surface area (Å²) in [4.78, 5) is 21.4. The minimum absolute atomic E-state index is 0.0230. The number of pyridine rings is 1. The van der Waals surface area contributed by atoms with Gasteiger partial charge >= 0.3 is 6.18 Å². The van der Waals surface area contributed by atoms with Gasteiger partial charge in [0.25, 0.3) is 0 Å².